The molecule has 2 aromatic heterocycles. The third-order valence-corrected chi connectivity index (χ3v) is 7.20. The highest BCUT2D eigenvalue weighted by atomic mass is 19.4. The van der Waals surface area contributed by atoms with E-state index in [1.807, 2.05) is 26.0 Å². The minimum absolute atomic E-state index is 0.0252. The van der Waals surface area contributed by atoms with Gasteiger partial charge in [-0.05, 0) is 43.5 Å². The van der Waals surface area contributed by atoms with Crippen molar-refractivity contribution in [3.63, 3.8) is 0 Å². The van der Waals surface area contributed by atoms with Gasteiger partial charge in [-0.2, -0.15) is 13.2 Å². The molecule has 12 heteroatoms. The fraction of sp³-hybridized carbons (Fsp3) is 0.480. The van der Waals surface area contributed by atoms with Crippen molar-refractivity contribution in [2.24, 2.45) is 11.8 Å². The van der Waals surface area contributed by atoms with E-state index in [9.17, 15) is 22.8 Å². The predicted octanol–water partition coefficient (Wildman–Crippen LogP) is 3.10. The van der Waals surface area contributed by atoms with Crippen molar-refractivity contribution in [2.75, 3.05) is 31.1 Å². The summed E-state index contributed by atoms with van der Waals surface area (Å²) < 4.78 is 40.5. The van der Waals surface area contributed by atoms with Crippen molar-refractivity contribution >= 4 is 28.4 Å². The highest BCUT2D eigenvalue weighted by Gasteiger charge is 2.41. The average molecular weight is 516 g/mol. The van der Waals surface area contributed by atoms with Crippen LogP contribution >= 0.6 is 0 Å². The molecule has 5 rings (SSSR count). The number of alkyl halides is 3. The maximum absolute atomic E-state index is 13.4. The number of nitrogens with one attached hydrogen (secondary N) is 1. The van der Waals surface area contributed by atoms with Gasteiger partial charge in [-0.25, -0.2) is 0 Å². The maximum atomic E-state index is 13.4. The second-order valence-electron chi connectivity index (χ2n) is 9.59. The first kappa shape index (κ1) is 25.0. The van der Waals surface area contributed by atoms with Gasteiger partial charge in [-0.15, -0.1) is 10.2 Å². The standard InChI is InChI=1S/C25H28F3N7O2/c1-3-29-22(36)16-4-5-18-19(12-16)30-8-6-20(18)33-9-7-17(15(2)13-33)23(37)34-10-11-35-21(14-34)31-32-24(35)25(26,27)28/h4-6,8,12,15,17H,3,7,9-11,13-14H2,1-2H3,(H,29,36)/t15-,17+/m1/s1. The van der Waals surface area contributed by atoms with Gasteiger partial charge >= 0.3 is 6.18 Å². The molecule has 2 aliphatic rings. The number of hydrogen-bond acceptors (Lipinski definition) is 6. The number of nitrogens with zero attached hydrogens (tertiary/aromatic N) is 6. The second-order valence-corrected chi connectivity index (χ2v) is 9.59. The lowest BCUT2D eigenvalue weighted by atomic mass is 9.85. The van der Waals surface area contributed by atoms with Gasteiger partial charge in [0.05, 0.1) is 12.1 Å². The minimum atomic E-state index is -4.57. The normalized spacial score (nSPS) is 20.1. The SMILES string of the molecule is CCNC(=O)c1ccc2c(N3CC[C@H](C(=O)N4CCn5c(nnc5C(F)(F)F)C4)[C@H](C)C3)ccnc2c1. The number of aromatic nitrogens is 4. The number of rotatable bonds is 4. The zero-order valence-electron chi connectivity index (χ0n) is 20.6. The number of piperidine rings is 1. The Kier molecular flexibility index (Phi) is 6.50. The van der Waals surface area contributed by atoms with Crippen LogP contribution in [0.3, 0.4) is 0 Å². The molecular weight excluding hydrogens is 487 g/mol. The Morgan fingerprint density at radius 3 is 2.68 bits per heavy atom. The summed E-state index contributed by atoms with van der Waals surface area (Å²) in [6.45, 7) is 5.99. The highest BCUT2D eigenvalue weighted by Crippen LogP contribution is 2.34. The Morgan fingerprint density at radius 2 is 1.95 bits per heavy atom. The van der Waals surface area contributed by atoms with E-state index in [0.29, 0.717) is 31.6 Å². The molecule has 1 N–H and O–H groups in total. The van der Waals surface area contributed by atoms with E-state index in [1.54, 1.807) is 23.2 Å². The summed E-state index contributed by atoms with van der Waals surface area (Å²) in [5.41, 5.74) is 2.27. The summed E-state index contributed by atoms with van der Waals surface area (Å²) in [4.78, 5) is 33.9. The molecule has 0 saturated carbocycles. The first-order chi connectivity index (χ1) is 17.7. The quantitative estimate of drug-likeness (QED) is 0.574. The predicted molar refractivity (Wildman–Crippen MR) is 130 cm³/mol. The number of hydrogen-bond donors (Lipinski definition) is 1. The van der Waals surface area contributed by atoms with Gasteiger partial charge in [-0.1, -0.05) is 6.92 Å². The Balaban J connectivity index is 1.28. The summed E-state index contributed by atoms with van der Waals surface area (Å²) in [6, 6.07) is 7.42. The zero-order valence-corrected chi connectivity index (χ0v) is 20.6. The monoisotopic (exact) mass is 515 g/mol. The van der Waals surface area contributed by atoms with E-state index < -0.39 is 12.0 Å². The Morgan fingerprint density at radius 1 is 1.14 bits per heavy atom. The van der Waals surface area contributed by atoms with Crippen molar-refractivity contribution in [3.8, 4) is 0 Å². The molecule has 196 valence electrons. The molecule has 0 aliphatic carbocycles. The molecule has 0 unspecified atom stereocenters. The number of benzene rings is 1. The first-order valence-electron chi connectivity index (χ1n) is 12.4. The highest BCUT2D eigenvalue weighted by molar-refractivity contribution is 6.00. The Bertz CT molecular complexity index is 1340. The molecule has 1 fully saturated rings. The molecule has 1 saturated heterocycles. The molecule has 0 radical (unpaired) electrons. The third-order valence-electron chi connectivity index (χ3n) is 7.20. The van der Waals surface area contributed by atoms with Gasteiger partial charge in [0.1, 0.15) is 0 Å². The number of anilines is 1. The van der Waals surface area contributed by atoms with E-state index in [0.717, 1.165) is 21.2 Å². The van der Waals surface area contributed by atoms with Gasteiger partial charge in [0.25, 0.3) is 5.91 Å². The van der Waals surface area contributed by atoms with E-state index in [4.69, 9.17) is 0 Å². The van der Waals surface area contributed by atoms with E-state index in [-0.39, 0.29) is 49.1 Å². The fourth-order valence-corrected chi connectivity index (χ4v) is 5.33. The number of amides is 2. The molecule has 0 bridgehead atoms. The van der Waals surface area contributed by atoms with Crippen molar-refractivity contribution < 1.29 is 22.8 Å². The first-order valence-corrected chi connectivity index (χ1v) is 12.4. The van der Waals surface area contributed by atoms with Crippen LogP contribution in [-0.2, 0) is 24.1 Å². The summed E-state index contributed by atoms with van der Waals surface area (Å²) in [5.74, 6) is -1.25. The fourth-order valence-electron chi connectivity index (χ4n) is 5.33. The molecule has 3 aromatic rings. The number of carbonyl (C=O) groups is 2. The molecule has 2 aliphatic heterocycles. The smallest absolute Gasteiger partial charge is 0.371 e. The van der Waals surface area contributed by atoms with E-state index >= 15 is 0 Å². The lowest BCUT2D eigenvalue weighted by Gasteiger charge is -2.40. The van der Waals surface area contributed by atoms with Gasteiger partial charge in [0, 0.05) is 61.5 Å². The average Bonchev–Trinajstić information content (AvgIpc) is 3.32. The maximum Gasteiger partial charge on any atom is 0.451 e. The topological polar surface area (TPSA) is 96.2 Å². The Hall–Kier alpha value is -3.70. The van der Waals surface area contributed by atoms with Crippen LogP contribution in [0.1, 0.15) is 42.3 Å². The number of pyridine rings is 1. The van der Waals surface area contributed by atoms with Crippen LogP contribution in [0.5, 0.6) is 0 Å². The summed E-state index contributed by atoms with van der Waals surface area (Å²) in [7, 11) is 0. The molecule has 2 amide bonds. The van der Waals surface area contributed by atoms with Crippen LogP contribution in [0, 0.1) is 11.8 Å². The summed E-state index contributed by atoms with van der Waals surface area (Å²) in [6.07, 6.45) is -2.22. The molecule has 4 heterocycles. The lowest BCUT2D eigenvalue weighted by molar-refractivity contribution is -0.148. The van der Waals surface area contributed by atoms with Crippen LogP contribution in [0.15, 0.2) is 30.5 Å². The lowest BCUT2D eigenvalue weighted by Crippen LogP contribution is -2.49. The number of halogens is 3. The third kappa shape index (κ3) is 4.72. The van der Waals surface area contributed by atoms with Crippen LogP contribution in [0.4, 0.5) is 18.9 Å². The minimum Gasteiger partial charge on any atom is -0.371 e. The number of fused-ring (bicyclic) bond motifs is 2. The van der Waals surface area contributed by atoms with Crippen molar-refractivity contribution in [3.05, 3.63) is 47.7 Å². The van der Waals surface area contributed by atoms with Gasteiger partial charge < -0.3 is 19.7 Å². The summed E-state index contributed by atoms with van der Waals surface area (Å²) >= 11 is 0. The molecule has 0 spiro atoms. The largest absolute Gasteiger partial charge is 0.451 e. The van der Waals surface area contributed by atoms with Gasteiger partial charge in [0.2, 0.25) is 11.7 Å². The second kappa shape index (κ2) is 9.64. The molecule has 1 aromatic carbocycles. The van der Waals surface area contributed by atoms with Crippen LogP contribution in [-0.4, -0.2) is 62.6 Å². The zero-order chi connectivity index (χ0) is 26.3. The van der Waals surface area contributed by atoms with Gasteiger partial charge in [-0.3, -0.25) is 14.6 Å². The van der Waals surface area contributed by atoms with Crippen LogP contribution in [0.2, 0.25) is 0 Å². The van der Waals surface area contributed by atoms with Crippen molar-refractivity contribution in [1.82, 2.24) is 30.0 Å². The molecule has 37 heavy (non-hydrogen) atoms. The Labute approximate surface area is 211 Å². The van der Waals surface area contributed by atoms with Crippen molar-refractivity contribution in [1.29, 1.82) is 0 Å². The molecule has 9 nitrogen and oxygen atoms in total. The van der Waals surface area contributed by atoms with Crippen LogP contribution in [0.25, 0.3) is 10.9 Å². The van der Waals surface area contributed by atoms with E-state index in [2.05, 4.69) is 25.4 Å². The van der Waals surface area contributed by atoms with E-state index in [1.165, 1.54) is 0 Å². The summed E-state index contributed by atoms with van der Waals surface area (Å²) in [5, 5.41) is 10.7. The molecule has 2 atom stereocenters. The van der Waals surface area contributed by atoms with Gasteiger partial charge in [0.15, 0.2) is 5.82 Å². The van der Waals surface area contributed by atoms with Crippen molar-refractivity contribution in [2.45, 2.75) is 39.5 Å². The number of carbonyl (C=O) groups excluding carboxylic acids is 2. The van der Waals surface area contributed by atoms with Crippen LogP contribution < -0.4 is 10.2 Å². The molecular formula is C25H28F3N7O2.